The van der Waals surface area contributed by atoms with E-state index >= 15 is 0 Å². The van der Waals surface area contributed by atoms with Crippen LogP contribution in [0.4, 0.5) is 0 Å². The van der Waals surface area contributed by atoms with E-state index in [-0.39, 0.29) is 12.0 Å². The second-order valence-corrected chi connectivity index (χ2v) is 6.35. The van der Waals surface area contributed by atoms with Crippen LogP contribution in [0.2, 0.25) is 0 Å². The predicted octanol–water partition coefficient (Wildman–Crippen LogP) is 1.54. The minimum atomic E-state index is -0.179. The van der Waals surface area contributed by atoms with Crippen molar-refractivity contribution in [3.05, 3.63) is 0 Å². The van der Waals surface area contributed by atoms with Crippen LogP contribution in [0.5, 0.6) is 0 Å². The van der Waals surface area contributed by atoms with E-state index in [1.807, 2.05) is 0 Å². The monoisotopic (exact) mass is 266 g/mol. The molecule has 3 aliphatic heterocycles. The molecule has 4 unspecified atom stereocenters. The molecule has 0 aromatic heterocycles. The molecular weight excluding hydrogens is 240 g/mol. The quantitative estimate of drug-likeness (QED) is 0.824. The third-order valence-corrected chi connectivity index (χ3v) is 5.03. The van der Waals surface area contributed by atoms with Crippen LogP contribution in [0.3, 0.4) is 0 Å². The first kappa shape index (κ1) is 13.4. The van der Waals surface area contributed by atoms with E-state index in [0.29, 0.717) is 18.0 Å². The van der Waals surface area contributed by atoms with Gasteiger partial charge >= 0.3 is 0 Å². The Hall–Kier alpha value is -0.610. The summed E-state index contributed by atoms with van der Waals surface area (Å²) >= 11 is 0. The van der Waals surface area contributed by atoms with Gasteiger partial charge in [0.05, 0.1) is 0 Å². The normalized spacial score (nSPS) is 39.7. The van der Waals surface area contributed by atoms with Crippen LogP contribution in [-0.4, -0.2) is 48.7 Å². The SMILES string of the molecule is CC1CCOC1C(=O)N1CCCCC1C1CCCN1. The summed E-state index contributed by atoms with van der Waals surface area (Å²) in [5.41, 5.74) is 0. The van der Waals surface area contributed by atoms with Crippen molar-refractivity contribution in [3.8, 4) is 0 Å². The van der Waals surface area contributed by atoms with Crippen molar-refractivity contribution in [2.75, 3.05) is 19.7 Å². The third kappa shape index (κ3) is 2.65. The molecule has 3 aliphatic rings. The maximum Gasteiger partial charge on any atom is 0.252 e. The maximum atomic E-state index is 12.8. The fourth-order valence-corrected chi connectivity index (χ4v) is 3.86. The Morgan fingerprint density at radius 1 is 1.21 bits per heavy atom. The van der Waals surface area contributed by atoms with Crippen LogP contribution in [0.15, 0.2) is 0 Å². The number of ether oxygens (including phenoxy) is 1. The standard InChI is InChI=1S/C15H26N2O2/c1-11-7-10-19-14(11)15(18)17-9-3-2-6-13(17)12-5-4-8-16-12/h11-14,16H,2-10H2,1H3. The Balaban J connectivity index is 1.70. The molecule has 1 amide bonds. The zero-order valence-corrected chi connectivity index (χ0v) is 11.9. The summed E-state index contributed by atoms with van der Waals surface area (Å²) in [4.78, 5) is 14.9. The van der Waals surface area contributed by atoms with Crippen LogP contribution in [-0.2, 0) is 9.53 Å². The summed E-state index contributed by atoms with van der Waals surface area (Å²) in [6.07, 6.45) is 6.88. The lowest BCUT2D eigenvalue weighted by Gasteiger charge is -2.40. The molecule has 19 heavy (non-hydrogen) atoms. The van der Waals surface area contributed by atoms with E-state index in [1.54, 1.807) is 0 Å². The van der Waals surface area contributed by atoms with Gasteiger partial charge in [0.1, 0.15) is 6.10 Å². The zero-order valence-electron chi connectivity index (χ0n) is 11.9. The van der Waals surface area contributed by atoms with Crippen LogP contribution < -0.4 is 5.32 Å². The maximum absolute atomic E-state index is 12.8. The van der Waals surface area contributed by atoms with Gasteiger partial charge in [-0.05, 0) is 51.0 Å². The van der Waals surface area contributed by atoms with Gasteiger partial charge in [-0.25, -0.2) is 0 Å². The molecular formula is C15H26N2O2. The average Bonchev–Trinajstić information content (AvgIpc) is 3.09. The number of rotatable bonds is 2. The minimum absolute atomic E-state index is 0.179. The smallest absolute Gasteiger partial charge is 0.252 e. The van der Waals surface area contributed by atoms with Gasteiger partial charge < -0.3 is 15.0 Å². The topological polar surface area (TPSA) is 41.6 Å². The van der Waals surface area contributed by atoms with Crippen LogP contribution >= 0.6 is 0 Å². The van der Waals surface area contributed by atoms with Crippen molar-refractivity contribution in [2.45, 2.75) is 63.6 Å². The molecule has 4 atom stereocenters. The molecule has 3 heterocycles. The first-order valence-electron chi connectivity index (χ1n) is 7.93. The third-order valence-electron chi connectivity index (χ3n) is 5.03. The van der Waals surface area contributed by atoms with Crippen molar-refractivity contribution in [3.63, 3.8) is 0 Å². The van der Waals surface area contributed by atoms with Gasteiger partial charge in [-0.15, -0.1) is 0 Å². The van der Waals surface area contributed by atoms with Crippen LogP contribution in [0.1, 0.15) is 45.4 Å². The summed E-state index contributed by atoms with van der Waals surface area (Å²) in [6.45, 7) is 4.92. The summed E-state index contributed by atoms with van der Waals surface area (Å²) in [6, 6.07) is 0.918. The van der Waals surface area contributed by atoms with E-state index in [4.69, 9.17) is 4.74 Å². The highest BCUT2D eigenvalue weighted by Gasteiger charge is 2.40. The van der Waals surface area contributed by atoms with Crippen LogP contribution in [0, 0.1) is 5.92 Å². The van der Waals surface area contributed by atoms with Gasteiger partial charge in [-0.1, -0.05) is 6.92 Å². The zero-order chi connectivity index (χ0) is 13.2. The number of hydrogen-bond donors (Lipinski definition) is 1. The van der Waals surface area contributed by atoms with E-state index in [9.17, 15) is 4.79 Å². The largest absolute Gasteiger partial charge is 0.368 e. The van der Waals surface area contributed by atoms with Crippen molar-refractivity contribution in [1.82, 2.24) is 10.2 Å². The van der Waals surface area contributed by atoms with E-state index in [2.05, 4.69) is 17.1 Å². The number of nitrogens with one attached hydrogen (secondary N) is 1. The summed E-state index contributed by atoms with van der Waals surface area (Å²) in [5.74, 6) is 0.634. The van der Waals surface area contributed by atoms with E-state index in [0.717, 1.165) is 39.0 Å². The van der Waals surface area contributed by atoms with Crippen molar-refractivity contribution in [1.29, 1.82) is 0 Å². The molecule has 1 N–H and O–H groups in total. The second kappa shape index (κ2) is 5.80. The van der Waals surface area contributed by atoms with E-state index in [1.165, 1.54) is 19.3 Å². The Kier molecular flexibility index (Phi) is 4.08. The number of amides is 1. The predicted molar refractivity (Wildman–Crippen MR) is 73.9 cm³/mol. The van der Waals surface area contributed by atoms with Gasteiger partial charge in [0.25, 0.3) is 5.91 Å². The van der Waals surface area contributed by atoms with Crippen molar-refractivity contribution in [2.24, 2.45) is 5.92 Å². The molecule has 0 saturated carbocycles. The number of piperidine rings is 1. The van der Waals surface area contributed by atoms with Gasteiger partial charge in [0, 0.05) is 25.2 Å². The molecule has 0 radical (unpaired) electrons. The molecule has 108 valence electrons. The Bertz CT molecular complexity index is 328. The van der Waals surface area contributed by atoms with Crippen LogP contribution in [0.25, 0.3) is 0 Å². The molecule has 0 spiro atoms. The molecule has 0 aromatic rings. The molecule has 3 fully saturated rings. The highest BCUT2D eigenvalue weighted by Crippen LogP contribution is 2.28. The molecule has 4 heteroatoms. The Morgan fingerprint density at radius 2 is 2.11 bits per heavy atom. The minimum Gasteiger partial charge on any atom is -0.368 e. The average molecular weight is 266 g/mol. The first-order chi connectivity index (χ1) is 9.27. The van der Waals surface area contributed by atoms with Gasteiger partial charge in [-0.3, -0.25) is 4.79 Å². The fourth-order valence-electron chi connectivity index (χ4n) is 3.86. The summed E-state index contributed by atoms with van der Waals surface area (Å²) < 4.78 is 5.68. The number of hydrogen-bond acceptors (Lipinski definition) is 3. The molecule has 0 aromatic carbocycles. The number of carbonyl (C=O) groups is 1. The van der Waals surface area contributed by atoms with E-state index < -0.39 is 0 Å². The number of nitrogens with zero attached hydrogens (tertiary/aromatic N) is 1. The first-order valence-corrected chi connectivity index (χ1v) is 7.93. The molecule has 0 bridgehead atoms. The highest BCUT2D eigenvalue weighted by atomic mass is 16.5. The highest BCUT2D eigenvalue weighted by molar-refractivity contribution is 5.82. The molecule has 4 nitrogen and oxygen atoms in total. The summed E-state index contributed by atoms with van der Waals surface area (Å²) in [5, 5.41) is 3.58. The lowest BCUT2D eigenvalue weighted by molar-refractivity contribution is -0.147. The van der Waals surface area contributed by atoms with Gasteiger partial charge in [0.2, 0.25) is 0 Å². The Morgan fingerprint density at radius 3 is 2.79 bits per heavy atom. The van der Waals surface area contributed by atoms with Gasteiger partial charge in [0.15, 0.2) is 0 Å². The number of carbonyl (C=O) groups excluding carboxylic acids is 1. The second-order valence-electron chi connectivity index (χ2n) is 6.35. The lowest BCUT2D eigenvalue weighted by Crippen LogP contribution is -2.55. The lowest BCUT2D eigenvalue weighted by atomic mass is 9.92. The molecule has 3 saturated heterocycles. The molecule has 3 rings (SSSR count). The van der Waals surface area contributed by atoms with Gasteiger partial charge in [-0.2, -0.15) is 0 Å². The molecule has 0 aliphatic carbocycles. The number of likely N-dealkylation sites (tertiary alicyclic amines) is 1. The van der Waals surface area contributed by atoms with Crippen molar-refractivity contribution < 1.29 is 9.53 Å². The Labute approximate surface area is 115 Å². The fraction of sp³-hybridized carbons (Fsp3) is 0.933. The van der Waals surface area contributed by atoms with Crippen molar-refractivity contribution >= 4 is 5.91 Å². The summed E-state index contributed by atoms with van der Waals surface area (Å²) in [7, 11) is 0.